The molecule has 1 N–H and O–H groups in total. The molecule has 2 radical (unpaired) electrons. The second kappa shape index (κ2) is 9.73. The minimum Gasteiger partial charge on any atom is -0.465 e. The number of esters is 1. The molecule has 1 aromatic carbocycles. The Morgan fingerprint density at radius 2 is 1.94 bits per heavy atom. The summed E-state index contributed by atoms with van der Waals surface area (Å²) >= 11 is 1.33. The smallest absolute Gasteiger partial charge is 0.417 e. The minimum absolute atomic E-state index is 0.0575. The third-order valence-corrected chi connectivity index (χ3v) is 5.74. The van der Waals surface area contributed by atoms with Crippen LogP contribution in [0.3, 0.4) is 0 Å². The number of carbonyl (C=O) groups is 1. The van der Waals surface area contributed by atoms with Crippen LogP contribution in [0, 0.1) is 5.92 Å². The van der Waals surface area contributed by atoms with Crippen molar-refractivity contribution in [2.75, 3.05) is 12.4 Å². The number of pyridine rings is 1. The zero-order chi connectivity index (χ0) is 23.5. The fraction of sp³-hybridized carbons (Fsp3) is 0.318. The summed E-state index contributed by atoms with van der Waals surface area (Å²) in [4.78, 5) is 21.5. The van der Waals surface area contributed by atoms with Gasteiger partial charge in [-0.05, 0) is 30.4 Å². The van der Waals surface area contributed by atoms with Gasteiger partial charge in [0.2, 0.25) is 0 Å². The maximum Gasteiger partial charge on any atom is 0.417 e. The molecule has 0 aliphatic rings. The molecule has 0 unspecified atom stereocenters. The molecule has 32 heavy (non-hydrogen) atoms. The Morgan fingerprint density at radius 1 is 1.25 bits per heavy atom. The Labute approximate surface area is 189 Å². The van der Waals surface area contributed by atoms with Crippen LogP contribution in [0.5, 0.6) is 0 Å². The van der Waals surface area contributed by atoms with Crippen LogP contribution in [-0.4, -0.2) is 30.9 Å². The number of hydrogen-bond donors (Lipinski definition) is 1. The molecular formula is C22H21BF3N3O2S. The molecule has 3 rings (SSSR count). The van der Waals surface area contributed by atoms with Crippen molar-refractivity contribution in [1.29, 1.82) is 0 Å². The predicted molar refractivity (Wildman–Crippen MR) is 120 cm³/mol. The summed E-state index contributed by atoms with van der Waals surface area (Å²) in [5, 5.41) is 3.31. The van der Waals surface area contributed by atoms with Gasteiger partial charge in [-0.1, -0.05) is 54.9 Å². The van der Waals surface area contributed by atoms with Crippen LogP contribution in [0.25, 0.3) is 10.4 Å². The van der Waals surface area contributed by atoms with E-state index in [1.807, 2.05) is 12.1 Å². The molecule has 0 bridgehead atoms. The van der Waals surface area contributed by atoms with E-state index in [1.54, 1.807) is 12.1 Å². The largest absolute Gasteiger partial charge is 0.465 e. The second-order valence-corrected chi connectivity index (χ2v) is 8.58. The van der Waals surface area contributed by atoms with Gasteiger partial charge in [-0.15, -0.1) is 0 Å². The van der Waals surface area contributed by atoms with E-state index in [1.165, 1.54) is 11.3 Å². The average molecular weight is 459 g/mol. The average Bonchev–Trinajstić information content (AvgIpc) is 3.14. The topological polar surface area (TPSA) is 64.1 Å². The third-order valence-electron chi connectivity index (χ3n) is 4.67. The van der Waals surface area contributed by atoms with Gasteiger partial charge >= 0.3 is 12.1 Å². The second-order valence-electron chi connectivity index (χ2n) is 7.58. The van der Waals surface area contributed by atoms with Crippen molar-refractivity contribution in [1.82, 2.24) is 9.97 Å². The highest BCUT2D eigenvalue weighted by Gasteiger charge is 2.33. The summed E-state index contributed by atoms with van der Waals surface area (Å²) in [5.74, 6) is -0.519. The summed E-state index contributed by atoms with van der Waals surface area (Å²) < 4.78 is 43.9. The molecule has 0 saturated heterocycles. The number of thiazole rings is 1. The molecule has 0 saturated carbocycles. The quantitative estimate of drug-likeness (QED) is 0.392. The zero-order valence-corrected chi connectivity index (χ0v) is 18.6. The zero-order valence-electron chi connectivity index (χ0n) is 17.8. The molecule has 2 aromatic heterocycles. The summed E-state index contributed by atoms with van der Waals surface area (Å²) in [7, 11) is 6.89. The summed E-state index contributed by atoms with van der Waals surface area (Å²) in [6.45, 7) is 4.23. The molecule has 5 nitrogen and oxygen atoms in total. The van der Waals surface area contributed by atoms with Gasteiger partial charge in [0.1, 0.15) is 19.2 Å². The number of methoxy groups -OCH3 is 1. The van der Waals surface area contributed by atoms with E-state index in [4.69, 9.17) is 7.85 Å². The number of alkyl halides is 3. The van der Waals surface area contributed by atoms with Crippen molar-refractivity contribution < 1.29 is 22.7 Å². The van der Waals surface area contributed by atoms with E-state index < -0.39 is 17.7 Å². The van der Waals surface area contributed by atoms with Crippen molar-refractivity contribution in [2.45, 2.75) is 32.9 Å². The lowest BCUT2D eigenvalue weighted by molar-refractivity contribution is -0.137. The van der Waals surface area contributed by atoms with Crippen LogP contribution in [0.4, 0.5) is 24.1 Å². The van der Waals surface area contributed by atoms with E-state index in [9.17, 15) is 18.0 Å². The Morgan fingerprint density at radius 3 is 2.53 bits per heavy atom. The SMILES string of the molecule is [B]c1ccc(-c2sc(Nc3ncc(C(F)(F)F)cc3C(=O)OC)nc2CCC(C)C)cc1. The molecule has 0 aliphatic heterocycles. The number of aromatic nitrogens is 2. The first kappa shape index (κ1) is 23.8. The predicted octanol–water partition coefficient (Wildman–Crippen LogP) is 5.14. The fourth-order valence-corrected chi connectivity index (χ4v) is 3.96. The first-order chi connectivity index (χ1) is 15.1. The van der Waals surface area contributed by atoms with Crippen LogP contribution in [0.15, 0.2) is 36.5 Å². The molecule has 0 aliphatic carbocycles. The summed E-state index contributed by atoms with van der Waals surface area (Å²) in [5.41, 5.74) is 1.05. The van der Waals surface area contributed by atoms with E-state index in [2.05, 4.69) is 33.9 Å². The Kier molecular flexibility index (Phi) is 7.23. The van der Waals surface area contributed by atoms with Gasteiger partial charge in [0.15, 0.2) is 5.13 Å². The molecule has 2 heterocycles. The van der Waals surface area contributed by atoms with E-state index in [0.717, 1.165) is 42.2 Å². The summed E-state index contributed by atoms with van der Waals surface area (Å²) in [6.07, 6.45) is -2.33. The first-order valence-electron chi connectivity index (χ1n) is 9.86. The minimum atomic E-state index is -4.64. The highest BCUT2D eigenvalue weighted by Crippen LogP contribution is 2.36. The number of rotatable bonds is 7. The number of carbonyl (C=O) groups excluding carboxylic acids is 1. The Bertz CT molecular complexity index is 1100. The molecule has 166 valence electrons. The Balaban J connectivity index is 2.00. The molecule has 0 spiro atoms. The van der Waals surface area contributed by atoms with Crippen LogP contribution in [0.2, 0.25) is 0 Å². The van der Waals surface area contributed by atoms with Gasteiger partial charge in [0, 0.05) is 6.20 Å². The molecular weight excluding hydrogens is 438 g/mol. The van der Waals surface area contributed by atoms with Gasteiger partial charge in [0.05, 0.1) is 23.2 Å². The van der Waals surface area contributed by atoms with Crippen LogP contribution < -0.4 is 10.8 Å². The molecule has 0 fully saturated rings. The van der Waals surface area contributed by atoms with Gasteiger partial charge < -0.3 is 10.1 Å². The maximum absolute atomic E-state index is 13.1. The van der Waals surface area contributed by atoms with Crippen LogP contribution in [-0.2, 0) is 17.3 Å². The number of hydrogen-bond acceptors (Lipinski definition) is 6. The molecule has 3 aromatic rings. The van der Waals surface area contributed by atoms with Crippen LogP contribution in [0.1, 0.15) is 41.9 Å². The third kappa shape index (κ3) is 5.67. The lowest BCUT2D eigenvalue weighted by Gasteiger charge is -2.11. The van der Waals surface area contributed by atoms with Gasteiger partial charge in [-0.2, -0.15) is 13.2 Å². The highest BCUT2D eigenvalue weighted by molar-refractivity contribution is 7.19. The monoisotopic (exact) mass is 459 g/mol. The number of nitrogens with zero attached hydrogens (tertiary/aromatic N) is 2. The number of anilines is 2. The molecule has 0 amide bonds. The van der Waals surface area contributed by atoms with Crippen molar-refractivity contribution in [3.05, 3.63) is 53.3 Å². The lowest BCUT2D eigenvalue weighted by Crippen LogP contribution is -2.12. The van der Waals surface area contributed by atoms with Gasteiger partial charge in [-0.3, -0.25) is 0 Å². The number of halogens is 3. The Hall–Kier alpha value is -2.88. The number of aryl methyl sites for hydroxylation is 1. The van der Waals surface area contributed by atoms with Crippen molar-refractivity contribution >= 4 is 41.6 Å². The molecule has 0 atom stereocenters. The number of benzene rings is 1. The van der Waals surface area contributed by atoms with E-state index >= 15 is 0 Å². The molecule has 10 heteroatoms. The normalized spacial score (nSPS) is 11.6. The van der Waals surface area contributed by atoms with Gasteiger partial charge in [-0.25, -0.2) is 14.8 Å². The maximum atomic E-state index is 13.1. The fourth-order valence-electron chi connectivity index (χ4n) is 2.95. The van der Waals surface area contributed by atoms with Gasteiger partial charge in [0.25, 0.3) is 0 Å². The highest BCUT2D eigenvalue weighted by atomic mass is 32.1. The standard InChI is InChI=1S/C22H21BF3N3O2S/c1-12(2)4-9-17-18(13-5-7-15(23)8-6-13)32-21(28-17)29-19-16(20(30)31-3)10-14(11-27-19)22(24,25)26/h5-8,10-12H,4,9H2,1-3H3,(H,27,28,29). The number of ether oxygens (including phenoxy) is 1. The number of nitrogens with one attached hydrogen (secondary N) is 1. The van der Waals surface area contributed by atoms with Crippen molar-refractivity contribution in [3.8, 4) is 10.4 Å². The van der Waals surface area contributed by atoms with Crippen molar-refractivity contribution in [2.24, 2.45) is 5.92 Å². The van der Waals surface area contributed by atoms with Crippen LogP contribution >= 0.6 is 11.3 Å². The van der Waals surface area contributed by atoms with Crippen molar-refractivity contribution in [3.63, 3.8) is 0 Å². The lowest BCUT2D eigenvalue weighted by atomic mass is 9.94. The van der Waals surface area contributed by atoms with E-state index in [0.29, 0.717) is 22.7 Å². The first-order valence-corrected chi connectivity index (χ1v) is 10.7. The van der Waals surface area contributed by atoms with E-state index in [-0.39, 0.29) is 11.4 Å². The summed E-state index contributed by atoms with van der Waals surface area (Å²) in [6, 6.07) is 8.08.